The number of aryl methyl sites for hydroxylation is 1. The highest BCUT2D eigenvalue weighted by molar-refractivity contribution is 6.09. The predicted octanol–water partition coefficient (Wildman–Crippen LogP) is 6.98. The summed E-state index contributed by atoms with van der Waals surface area (Å²) < 4.78 is 2.49. The van der Waals surface area contributed by atoms with Crippen LogP contribution in [0.4, 0.5) is 0 Å². The molecule has 0 spiro atoms. The summed E-state index contributed by atoms with van der Waals surface area (Å²) in [6.45, 7) is 3.15. The van der Waals surface area contributed by atoms with Gasteiger partial charge in [-0.2, -0.15) is 0 Å². The third-order valence-corrected chi connectivity index (χ3v) is 6.46. The van der Waals surface area contributed by atoms with E-state index < -0.39 is 0 Å². The molecule has 5 aromatic rings. The van der Waals surface area contributed by atoms with E-state index in [1.807, 2.05) is 0 Å². The van der Waals surface area contributed by atoms with E-state index in [4.69, 9.17) is 0 Å². The van der Waals surface area contributed by atoms with Crippen molar-refractivity contribution in [1.29, 1.82) is 0 Å². The molecule has 1 aliphatic carbocycles. The SMILES string of the molecule is CCc1cccc2c1c1ccccc1n2Cc1ccc2c(c1)Cc1ccccc1-2. The molecule has 1 aromatic heterocycles. The third-order valence-electron chi connectivity index (χ3n) is 6.46. The standard InChI is InChI=1S/C28H23N/c1-2-20-9-7-13-27-28(20)25-11-5-6-12-26(25)29(27)18-19-14-15-24-22(16-19)17-21-8-3-4-10-23(21)24/h3-16H,2,17-18H2,1H3. The van der Waals surface area contributed by atoms with Crippen LogP contribution in [0.2, 0.25) is 0 Å². The van der Waals surface area contributed by atoms with E-state index in [9.17, 15) is 0 Å². The quantitative estimate of drug-likeness (QED) is 0.315. The van der Waals surface area contributed by atoms with Crippen LogP contribution >= 0.6 is 0 Å². The fraction of sp³-hybridized carbons (Fsp3) is 0.143. The number of para-hydroxylation sites is 1. The number of aromatic nitrogens is 1. The first-order valence-electron chi connectivity index (χ1n) is 10.5. The van der Waals surface area contributed by atoms with Crippen LogP contribution in [-0.2, 0) is 19.4 Å². The molecular formula is C28H23N. The van der Waals surface area contributed by atoms with E-state index in [0.717, 1.165) is 19.4 Å². The normalized spacial score (nSPS) is 12.4. The van der Waals surface area contributed by atoms with Crippen LogP contribution in [0.3, 0.4) is 0 Å². The van der Waals surface area contributed by atoms with E-state index >= 15 is 0 Å². The van der Waals surface area contributed by atoms with Gasteiger partial charge >= 0.3 is 0 Å². The van der Waals surface area contributed by atoms with Crippen molar-refractivity contribution in [3.8, 4) is 11.1 Å². The fourth-order valence-corrected chi connectivity index (χ4v) is 5.12. The fourth-order valence-electron chi connectivity index (χ4n) is 5.12. The zero-order valence-electron chi connectivity index (χ0n) is 16.7. The molecule has 0 saturated heterocycles. The van der Waals surface area contributed by atoms with Crippen molar-refractivity contribution in [2.24, 2.45) is 0 Å². The van der Waals surface area contributed by atoms with Gasteiger partial charge in [-0.3, -0.25) is 0 Å². The zero-order chi connectivity index (χ0) is 19.4. The summed E-state index contributed by atoms with van der Waals surface area (Å²) in [5, 5.41) is 2.78. The molecular weight excluding hydrogens is 350 g/mol. The van der Waals surface area contributed by atoms with Gasteiger partial charge in [0.2, 0.25) is 0 Å². The summed E-state index contributed by atoms with van der Waals surface area (Å²) >= 11 is 0. The smallest absolute Gasteiger partial charge is 0.0497 e. The van der Waals surface area contributed by atoms with Gasteiger partial charge < -0.3 is 4.57 Å². The maximum Gasteiger partial charge on any atom is 0.0497 e. The van der Waals surface area contributed by atoms with Crippen LogP contribution in [0, 0.1) is 0 Å². The highest BCUT2D eigenvalue weighted by atomic mass is 15.0. The molecule has 0 saturated carbocycles. The first-order chi connectivity index (χ1) is 14.3. The molecule has 0 unspecified atom stereocenters. The van der Waals surface area contributed by atoms with E-state index in [0.29, 0.717) is 0 Å². The summed E-state index contributed by atoms with van der Waals surface area (Å²) in [7, 11) is 0. The van der Waals surface area contributed by atoms with Gasteiger partial charge in [0.25, 0.3) is 0 Å². The third kappa shape index (κ3) is 2.47. The molecule has 140 valence electrons. The van der Waals surface area contributed by atoms with Crippen LogP contribution < -0.4 is 0 Å². The van der Waals surface area contributed by atoms with Crippen LogP contribution in [0.5, 0.6) is 0 Å². The van der Waals surface area contributed by atoms with Gasteiger partial charge in [-0.25, -0.2) is 0 Å². The molecule has 1 aliphatic rings. The molecule has 0 aliphatic heterocycles. The maximum absolute atomic E-state index is 2.49. The molecule has 0 bridgehead atoms. The highest BCUT2D eigenvalue weighted by Gasteiger charge is 2.19. The molecule has 29 heavy (non-hydrogen) atoms. The Morgan fingerprint density at radius 3 is 2.45 bits per heavy atom. The minimum atomic E-state index is 0.904. The van der Waals surface area contributed by atoms with Crippen molar-refractivity contribution >= 4 is 21.8 Å². The first-order valence-corrected chi connectivity index (χ1v) is 10.5. The second-order valence-electron chi connectivity index (χ2n) is 8.09. The lowest BCUT2D eigenvalue weighted by molar-refractivity contribution is 0.867. The average molecular weight is 373 g/mol. The molecule has 0 amide bonds. The topological polar surface area (TPSA) is 4.93 Å². The molecule has 4 aromatic carbocycles. The summed E-state index contributed by atoms with van der Waals surface area (Å²) in [5.41, 5.74) is 11.2. The van der Waals surface area contributed by atoms with Crippen LogP contribution in [-0.4, -0.2) is 4.57 Å². The number of rotatable bonds is 3. The Balaban J connectivity index is 1.50. The molecule has 1 heterocycles. The Morgan fingerprint density at radius 1 is 0.724 bits per heavy atom. The Bertz CT molecular complexity index is 1390. The molecule has 1 nitrogen and oxygen atoms in total. The van der Waals surface area contributed by atoms with Gasteiger partial charge in [0.05, 0.1) is 0 Å². The number of benzene rings is 4. The van der Waals surface area contributed by atoms with Gasteiger partial charge in [-0.15, -0.1) is 0 Å². The largest absolute Gasteiger partial charge is 0.336 e. The lowest BCUT2D eigenvalue weighted by Crippen LogP contribution is -2.00. The molecule has 0 fully saturated rings. The van der Waals surface area contributed by atoms with Crippen molar-refractivity contribution in [2.45, 2.75) is 26.3 Å². The average Bonchev–Trinajstić information content (AvgIpc) is 3.29. The van der Waals surface area contributed by atoms with Crippen molar-refractivity contribution in [2.75, 3.05) is 0 Å². The molecule has 6 rings (SSSR count). The van der Waals surface area contributed by atoms with Gasteiger partial charge in [0.15, 0.2) is 0 Å². The summed E-state index contributed by atoms with van der Waals surface area (Å²) in [5.74, 6) is 0. The van der Waals surface area contributed by atoms with E-state index in [1.54, 1.807) is 0 Å². The number of fused-ring (bicyclic) bond motifs is 6. The van der Waals surface area contributed by atoms with Crippen molar-refractivity contribution in [1.82, 2.24) is 4.57 Å². The maximum atomic E-state index is 2.49. The summed E-state index contributed by atoms with van der Waals surface area (Å²) in [6.07, 6.45) is 2.11. The Labute approximate surface area is 171 Å². The minimum Gasteiger partial charge on any atom is -0.336 e. The molecule has 0 N–H and O–H groups in total. The van der Waals surface area contributed by atoms with Crippen LogP contribution in [0.25, 0.3) is 32.9 Å². The Morgan fingerprint density at radius 2 is 1.52 bits per heavy atom. The van der Waals surface area contributed by atoms with Crippen LogP contribution in [0.15, 0.2) is 84.9 Å². The van der Waals surface area contributed by atoms with Crippen molar-refractivity contribution in [3.05, 3.63) is 107 Å². The molecule has 0 atom stereocenters. The van der Waals surface area contributed by atoms with Crippen LogP contribution in [0.1, 0.15) is 29.2 Å². The minimum absolute atomic E-state index is 0.904. The number of nitrogens with zero attached hydrogens (tertiary/aromatic N) is 1. The van der Waals surface area contributed by atoms with Crippen molar-refractivity contribution < 1.29 is 0 Å². The number of hydrogen-bond donors (Lipinski definition) is 0. The Kier molecular flexibility index (Phi) is 3.64. The second kappa shape index (κ2) is 6.35. The summed E-state index contributed by atoms with van der Waals surface area (Å²) in [4.78, 5) is 0. The summed E-state index contributed by atoms with van der Waals surface area (Å²) in [6, 6.07) is 31.4. The van der Waals surface area contributed by atoms with Gasteiger partial charge in [-0.05, 0) is 58.4 Å². The second-order valence-corrected chi connectivity index (χ2v) is 8.09. The zero-order valence-corrected chi connectivity index (χ0v) is 16.7. The van der Waals surface area contributed by atoms with E-state index in [1.165, 1.54) is 55.2 Å². The monoisotopic (exact) mass is 373 g/mol. The van der Waals surface area contributed by atoms with Gasteiger partial charge in [-0.1, -0.05) is 79.7 Å². The lowest BCUT2D eigenvalue weighted by Gasteiger charge is -2.10. The number of hydrogen-bond acceptors (Lipinski definition) is 0. The highest BCUT2D eigenvalue weighted by Crippen LogP contribution is 2.37. The van der Waals surface area contributed by atoms with E-state index in [-0.39, 0.29) is 0 Å². The first kappa shape index (κ1) is 16.6. The molecule has 0 radical (unpaired) electrons. The van der Waals surface area contributed by atoms with Gasteiger partial charge in [0.1, 0.15) is 0 Å². The van der Waals surface area contributed by atoms with E-state index in [2.05, 4.69) is 96.4 Å². The molecule has 1 heteroatoms. The predicted molar refractivity (Wildman–Crippen MR) is 123 cm³/mol. The van der Waals surface area contributed by atoms with Crippen molar-refractivity contribution in [3.63, 3.8) is 0 Å². The Hall–Kier alpha value is -3.32. The van der Waals surface area contributed by atoms with Gasteiger partial charge in [0, 0.05) is 28.4 Å². The lowest BCUT2D eigenvalue weighted by atomic mass is 10.0.